The summed E-state index contributed by atoms with van der Waals surface area (Å²) in [4.78, 5) is 2.58. The van der Waals surface area contributed by atoms with Crippen molar-refractivity contribution >= 4 is 0 Å². The molecule has 1 heterocycles. The molecule has 0 spiro atoms. The largest absolute Gasteiger partial charge is 0.380 e. The maximum Gasteiger partial charge on any atom is 0.0622 e. The fourth-order valence-electron chi connectivity index (χ4n) is 4.19. The highest BCUT2D eigenvalue weighted by Gasteiger charge is 2.41. The Morgan fingerprint density at radius 3 is 2.74 bits per heavy atom. The molecule has 3 unspecified atom stereocenters. The SMILES string of the molecule is CC(C)CC1CCCC(CN)(N(C)C2CCOC2)C1. The highest BCUT2D eigenvalue weighted by molar-refractivity contribution is 4.98. The van der Waals surface area contributed by atoms with Gasteiger partial charge in [0, 0.05) is 24.7 Å². The Morgan fingerprint density at radius 1 is 1.37 bits per heavy atom. The van der Waals surface area contributed by atoms with Crippen LogP contribution in [0, 0.1) is 11.8 Å². The molecule has 0 radical (unpaired) electrons. The van der Waals surface area contributed by atoms with Gasteiger partial charge >= 0.3 is 0 Å². The topological polar surface area (TPSA) is 38.5 Å². The minimum atomic E-state index is 0.232. The molecular formula is C16H32N2O. The third-order valence-corrected chi connectivity index (χ3v) is 5.31. The molecule has 1 aliphatic heterocycles. The smallest absolute Gasteiger partial charge is 0.0622 e. The van der Waals surface area contributed by atoms with Crippen molar-refractivity contribution in [3.05, 3.63) is 0 Å². The molecule has 19 heavy (non-hydrogen) atoms. The van der Waals surface area contributed by atoms with E-state index in [-0.39, 0.29) is 5.54 Å². The van der Waals surface area contributed by atoms with Crippen molar-refractivity contribution in [1.29, 1.82) is 0 Å². The third kappa shape index (κ3) is 3.50. The van der Waals surface area contributed by atoms with E-state index < -0.39 is 0 Å². The first kappa shape index (κ1) is 15.3. The zero-order valence-electron chi connectivity index (χ0n) is 13.0. The molecule has 0 aromatic carbocycles. The summed E-state index contributed by atoms with van der Waals surface area (Å²) in [6.07, 6.45) is 7.82. The van der Waals surface area contributed by atoms with E-state index in [1.54, 1.807) is 0 Å². The molecule has 0 aromatic rings. The fraction of sp³-hybridized carbons (Fsp3) is 1.00. The van der Waals surface area contributed by atoms with Crippen LogP contribution in [0.5, 0.6) is 0 Å². The lowest BCUT2D eigenvalue weighted by atomic mass is 9.72. The molecule has 0 bridgehead atoms. The number of likely N-dealkylation sites (N-methyl/N-ethyl adjacent to an activating group) is 1. The molecule has 2 N–H and O–H groups in total. The molecule has 3 nitrogen and oxygen atoms in total. The van der Waals surface area contributed by atoms with E-state index in [4.69, 9.17) is 10.5 Å². The van der Waals surface area contributed by atoms with Crippen molar-refractivity contribution in [3.8, 4) is 0 Å². The minimum Gasteiger partial charge on any atom is -0.380 e. The molecule has 2 fully saturated rings. The van der Waals surface area contributed by atoms with Crippen molar-refractivity contribution in [1.82, 2.24) is 4.90 Å². The number of rotatable bonds is 5. The molecule has 1 saturated heterocycles. The third-order valence-electron chi connectivity index (χ3n) is 5.31. The summed E-state index contributed by atoms with van der Waals surface area (Å²) in [7, 11) is 2.28. The maximum atomic E-state index is 6.22. The number of hydrogen-bond donors (Lipinski definition) is 1. The first-order valence-electron chi connectivity index (χ1n) is 8.08. The maximum absolute atomic E-state index is 6.22. The van der Waals surface area contributed by atoms with E-state index in [0.29, 0.717) is 6.04 Å². The second kappa shape index (κ2) is 6.55. The van der Waals surface area contributed by atoms with Gasteiger partial charge in [0.25, 0.3) is 0 Å². The molecule has 1 saturated carbocycles. The van der Waals surface area contributed by atoms with Gasteiger partial charge in [-0.1, -0.05) is 26.7 Å². The summed E-state index contributed by atoms with van der Waals surface area (Å²) in [6.45, 7) is 7.30. The lowest BCUT2D eigenvalue weighted by Gasteiger charge is -2.49. The molecule has 0 aromatic heterocycles. The van der Waals surface area contributed by atoms with Crippen LogP contribution in [0.1, 0.15) is 52.4 Å². The second-order valence-electron chi connectivity index (χ2n) is 7.15. The molecule has 2 rings (SSSR count). The summed E-state index contributed by atoms with van der Waals surface area (Å²) in [5.41, 5.74) is 6.45. The normalized spacial score (nSPS) is 36.3. The van der Waals surface area contributed by atoms with E-state index in [2.05, 4.69) is 25.8 Å². The van der Waals surface area contributed by atoms with Gasteiger partial charge in [-0.05, 0) is 44.6 Å². The number of nitrogens with zero attached hydrogens (tertiary/aromatic N) is 1. The Hall–Kier alpha value is -0.120. The van der Waals surface area contributed by atoms with Crippen LogP contribution in [-0.4, -0.2) is 43.3 Å². The molecule has 0 amide bonds. The predicted octanol–water partition coefficient (Wildman–Crippen LogP) is 2.64. The standard InChI is InChI=1S/C16H32N2O/c1-13(2)9-14-5-4-7-16(10-14,12-17)18(3)15-6-8-19-11-15/h13-15H,4-12,17H2,1-3H3. The van der Waals surface area contributed by atoms with Gasteiger partial charge in [0.15, 0.2) is 0 Å². The average molecular weight is 268 g/mol. The minimum absolute atomic E-state index is 0.232. The fourth-order valence-corrected chi connectivity index (χ4v) is 4.19. The van der Waals surface area contributed by atoms with Gasteiger partial charge in [-0.25, -0.2) is 0 Å². The zero-order valence-corrected chi connectivity index (χ0v) is 13.0. The van der Waals surface area contributed by atoms with Crippen LogP contribution in [0.4, 0.5) is 0 Å². The van der Waals surface area contributed by atoms with Crippen LogP contribution in [0.25, 0.3) is 0 Å². The van der Waals surface area contributed by atoms with Crippen LogP contribution in [0.2, 0.25) is 0 Å². The first-order valence-corrected chi connectivity index (χ1v) is 8.08. The molecule has 1 aliphatic carbocycles. The summed E-state index contributed by atoms with van der Waals surface area (Å²) < 4.78 is 5.57. The van der Waals surface area contributed by atoms with Crippen molar-refractivity contribution < 1.29 is 4.74 Å². The van der Waals surface area contributed by atoms with Crippen LogP contribution in [0.3, 0.4) is 0 Å². The van der Waals surface area contributed by atoms with Crippen LogP contribution >= 0.6 is 0 Å². The predicted molar refractivity (Wildman–Crippen MR) is 80.2 cm³/mol. The van der Waals surface area contributed by atoms with E-state index in [1.165, 1.54) is 38.5 Å². The average Bonchev–Trinajstić information content (AvgIpc) is 2.91. The number of hydrogen-bond acceptors (Lipinski definition) is 3. The number of nitrogens with two attached hydrogens (primary N) is 1. The molecule has 3 atom stereocenters. The van der Waals surface area contributed by atoms with E-state index in [9.17, 15) is 0 Å². The van der Waals surface area contributed by atoms with Crippen LogP contribution < -0.4 is 5.73 Å². The van der Waals surface area contributed by atoms with E-state index >= 15 is 0 Å². The second-order valence-corrected chi connectivity index (χ2v) is 7.15. The van der Waals surface area contributed by atoms with Gasteiger partial charge < -0.3 is 10.5 Å². The van der Waals surface area contributed by atoms with Gasteiger partial charge in [-0.3, -0.25) is 4.90 Å². The summed E-state index contributed by atoms with van der Waals surface area (Å²) in [5, 5.41) is 0. The van der Waals surface area contributed by atoms with Gasteiger partial charge in [0.2, 0.25) is 0 Å². The van der Waals surface area contributed by atoms with Crippen molar-refractivity contribution in [3.63, 3.8) is 0 Å². The van der Waals surface area contributed by atoms with Crippen LogP contribution in [0.15, 0.2) is 0 Å². The Balaban J connectivity index is 2.03. The summed E-state index contributed by atoms with van der Waals surface area (Å²) >= 11 is 0. The Labute approximate surface area is 118 Å². The first-order chi connectivity index (χ1) is 9.07. The highest BCUT2D eigenvalue weighted by Crippen LogP contribution is 2.40. The lowest BCUT2D eigenvalue weighted by molar-refractivity contribution is 0.0161. The lowest BCUT2D eigenvalue weighted by Crippen LogP contribution is -2.58. The van der Waals surface area contributed by atoms with Gasteiger partial charge in [0.1, 0.15) is 0 Å². The molecule has 2 aliphatic rings. The summed E-state index contributed by atoms with van der Waals surface area (Å²) in [5.74, 6) is 1.67. The van der Waals surface area contributed by atoms with Gasteiger partial charge in [-0.15, -0.1) is 0 Å². The zero-order chi connectivity index (χ0) is 13.9. The highest BCUT2D eigenvalue weighted by atomic mass is 16.5. The van der Waals surface area contributed by atoms with Crippen molar-refractivity contribution in [2.75, 3.05) is 26.8 Å². The number of ether oxygens (including phenoxy) is 1. The molecule has 112 valence electrons. The Kier molecular flexibility index (Phi) is 5.27. The quantitative estimate of drug-likeness (QED) is 0.833. The monoisotopic (exact) mass is 268 g/mol. The molecular weight excluding hydrogens is 236 g/mol. The summed E-state index contributed by atoms with van der Waals surface area (Å²) in [6, 6.07) is 0.585. The Morgan fingerprint density at radius 2 is 2.16 bits per heavy atom. The van der Waals surface area contributed by atoms with E-state index in [1.807, 2.05) is 0 Å². The van der Waals surface area contributed by atoms with Crippen LogP contribution in [-0.2, 0) is 4.74 Å². The van der Waals surface area contributed by atoms with Gasteiger partial charge in [0.05, 0.1) is 6.61 Å². The van der Waals surface area contributed by atoms with Crippen molar-refractivity contribution in [2.45, 2.75) is 64.0 Å². The molecule has 3 heteroatoms. The van der Waals surface area contributed by atoms with E-state index in [0.717, 1.165) is 31.6 Å². The van der Waals surface area contributed by atoms with Crippen molar-refractivity contribution in [2.24, 2.45) is 17.6 Å². The Bertz CT molecular complexity index is 276. The van der Waals surface area contributed by atoms with Gasteiger partial charge in [-0.2, -0.15) is 0 Å².